The molecule has 1 fully saturated rings. The van der Waals surface area contributed by atoms with Crippen molar-refractivity contribution < 1.29 is 29.3 Å². The third kappa shape index (κ3) is 9.01. The fraction of sp³-hybridized carbons (Fsp3) is 0.368. The van der Waals surface area contributed by atoms with E-state index in [0.29, 0.717) is 44.3 Å². The average Bonchev–Trinajstić information content (AvgIpc) is 3.07. The minimum absolute atomic E-state index is 0.00870. The lowest BCUT2D eigenvalue weighted by molar-refractivity contribution is -0.253. The molecule has 4 aromatic carbocycles. The number of aliphatic hydroxyl groups is 1. The predicted molar refractivity (Wildman–Crippen MR) is 179 cm³/mol. The average molecular weight is 625 g/mol. The van der Waals surface area contributed by atoms with Crippen molar-refractivity contribution in [3.63, 3.8) is 0 Å². The molecule has 8 nitrogen and oxygen atoms in total. The molecule has 0 spiro atoms. The highest BCUT2D eigenvalue weighted by molar-refractivity contribution is 5.90. The lowest BCUT2D eigenvalue weighted by Gasteiger charge is -2.39. The zero-order valence-electron chi connectivity index (χ0n) is 26.6. The Morgan fingerprint density at radius 1 is 0.870 bits per heavy atom. The van der Waals surface area contributed by atoms with Gasteiger partial charge in [0, 0.05) is 43.1 Å². The van der Waals surface area contributed by atoms with Crippen molar-refractivity contribution in [2.75, 3.05) is 18.9 Å². The van der Waals surface area contributed by atoms with Gasteiger partial charge in [-0.05, 0) is 72.5 Å². The van der Waals surface area contributed by atoms with Crippen LogP contribution in [0.1, 0.15) is 86.1 Å². The number of hydrogen-bond donors (Lipinski definition) is 3. The van der Waals surface area contributed by atoms with Crippen LogP contribution in [-0.2, 0) is 25.7 Å². The number of anilines is 1. The first-order valence-corrected chi connectivity index (χ1v) is 16.1. The van der Waals surface area contributed by atoms with E-state index in [-0.39, 0.29) is 37.2 Å². The zero-order valence-corrected chi connectivity index (χ0v) is 26.6. The summed E-state index contributed by atoms with van der Waals surface area (Å²) in [6.07, 6.45) is 2.20. The van der Waals surface area contributed by atoms with Crippen LogP contribution in [0.5, 0.6) is 0 Å². The normalized spacial score (nSPS) is 18.8. The number of ether oxygens (including phenoxy) is 2. The maximum absolute atomic E-state index is 12.4. The van der Waals surface area contributed by atoms with E-state index >= 15 is 0 Å². The third-order valence-corrected chi connectivity index (χ3v) is 8.78. The lowest BCUT2D eigenvalue weighted by atomic mass is 9.98. The van der Waals surface area contributed by atoms with Crippen LogP contribution in [-0.4, -0.2) is 46.7 Å². The number of unbranched alkanes of at least 4 members (excludes halogenated alkanes) is 2. The maximum Gasteiger partial charge on any atom is 0.303 e. The number of carbonyl (C=O) groups excluding carboxylic acids is 1. The van der Waals surface area contributed by atoms with Gasteiger partial charge in [-0.1, -0.05) is 79.2 Å². The third-order valence-electron chi connectivity index (χ3n) is 8.78. The second kappa shape index (κ2) is 16.0. The number of aliphatic hydroxyl groups excluding tert-OH is 1. The van der Waals surface area contributed by atoms with Crippen molar-refractivity contribution in [2.24, 2.45) is 0 Å². The Morgan fingerprint density at radius 2 is 1.57 bits per heavy atom. The van der Waals surface area contributed by atoms with E-state index in [1.165, 1.54) is 16.3 Å². The number of amides is 1. The summed E-state index contributed by atoms with van der Waals surface area (Å²) in [4.78, 5) is 25.4. The van der Waals surface area contributed by atoms with Gasteiger partial charge in [0.25, 0.3) is 0 Å². The van der Waals surface area contributed by atoms with Gasteiger partial charge in [0.1, 0.15) is 0 Å². The molecule has 5 rings (SSSR count). The molecular weight excluding hydrogens is 580 g/mol. The van der Waals surface area contributed by atoms with Crippen LogP contribution in [0.25, 0.3) is 10.8 Å². The molecule has 0 aromatic heterocycles. The van der Waals surface area contributed by atoms with Gasteiger partial charge in [-0.2, -0.15) is 0 Å². The molecule has 1 saturated heterocycles. The first-order valence-electron chi connectivity index (χ1n) is 16.1. The fourth-order valence-corrected chi connectivity index (χ4v) is 5.92. The summed E-state index contributed by atoms with van der Waals surface area (Å²) in [6.45, 7) is 2.92. The van der Waals surface area contributed by atoms with E-state index in [1.54, 1.807) is 0 Å². The van der Waals surface area contributed by atoms with Gasteiger partial charge in [-0.3, -0.25) is 14.5 Å². The van der Waals surface area contributed by atoms with Crippen LogP contribution < -0.4 is 5.32 Å². The van der Waals surface area contributed by atoms with Crippen LogP contribution in [0, 0.1) is 0 Å². The number of nitrogens with zero attached hydrogens (tertiary/aromatic N) is 1. The molecule has 3 N–H and O–H groups in total. The van der Waals surface area contributed by atoms with E-state index in [1.807, 2.05) is 48.5 Å². The minimum Gasteiger partial charge on any atom is -0.481 e. The van der Waals surface area contributed by atoms with E-state index in [2.05, 4.69) is 66.7 Å². The summed E-state index contributed by atoms with van der Waals surface area (Å²) in [5, 5.41) is 23.7. The summed E-state index contributed by atoms with van der Waals surface area (Å²) >= 11 is 0. The van der Waals surface area contributed by atoms with Gasteiger partial charge in [0.2, 0.25) is 5.91 Å². The number of rotatable bonds is 14. The molecule has 0 unspecified atom stereocenters. The van der Waals surface area contributed by atoms with Crippen LogP contribution >= 0.6 is 0 Å². The topological polar surface area (TPSA) is 108 Å². The quantitative estimate of drug-likeness (QED) is 0.124. The fourth-order valence-electron chi connectivity index (χ4n) is 5.92. The SMILES string of the molecule is C[C@H](c1ccc2ccccc2c1)N(C)C[C@H]1C[C@@H](c2ccc(CO)cc2)O[C@@H](c2ccc(NC(=O)CCCCCC(=O)O)cc2)O1. The second-order valence-electron chi connectivity index (χ2n) is 12.2. The van der Waals surface area contributed by atoms with Crippen molar-refractivity contribution in [2.45, 2.75) is 76.6 Å². The summed E-state index contributed by atoms with van der Waals surface area (Å²) in [6, 6.07) is 30.6. The number of carboxylic acid groups (broad SMARTS) is 1. The summed E-state index contributed by atoms with van der Waals surface area (Å²) in [5.41, 5.74) is 4.68. The molecule has 46 heavy (non-hydrogen) atoms. The largest absolute Gasteiger partial charge is 0.481 e. The van der Waals surface area contributed by atoms with Gasteiger partial charge in [-0.15, -0.1) is 0 Å². The van der Waals surface area contributed by atoms with Crippen LogP contribution in [0.3, 0.4) is 0 Å². The summed E-state index contributed by atoms with van der Waals surface area (Å²) in [7, 11) is 2.13. The number of nitrogens with one attached hydrogen (secondary N) is 1. The molecule has 0 bridgehead atoms. The van der Waals surface area contributed by atoms with Crippen LogP contribution in [0.2, 0.25) is 0 Å². The molecular formula is C38H44N2O6. The van der Waals surface area contributed by atoms with Gasteiger partial charge < -0.3 is 25.0 Å². The maximum atomic E-state index is 12.4. The molecule has 0 aliphatic carbocycles. The highest BCUT2D eigenvalue weighted by Gasteiger charge is 2.33. The van der Waals surface area contributed by atoms with Gasteiger partial charge in [0.05, 0.1) is 18.8 Å². The Bertz CT molecular complexity index is 1590. The first kappa shape index (κ1) is 33.3. The molecule has 1 aliphatic rings. The van der Waals surface area contributed by atoms with Crippen molar-refractivity contribution in [1.29, 1.82) is 0 Å². The molecule has 4 aromatic rings. The number of carbonyl (C=O) groups is 2. The molecule has 0 radical (unpaired) electrons. The zero-order chi connectivity index (χ0) is 32.5. The number of aliphatic carboxylic acids is 1. The Morgan fingerprint density at radius 3 is 2.28 bits per heavy atom. The number of hydrogen-bond acceptors (Lipinski definition) is 6. The van der Waals surface area contributed by atoms with Gasteiger partial charge >= 0.3 is 5.97 Å². The highest BCUT2D eigenvalue weighted by Crippen LogP contribution is 2.39. The molecule has 8 heteroatoms. The highest BCUT2D eigenvalue weighted by atomic mass is 16.7. The van der Waals surface area contributed by atoms with E-state index in [9.17, 15) is 14.7 Å². The van der Waals surface area contributed by atoms with Crippen LogP contribution in [0.15, 0.2) is 91.0 Å². The Balaban J connectivity index is 1.25. The Hall–Kier alpha value is -4.08. The number of fused-ring (bicyclic) bond motifs is 1. The molecule has 1 aliphatic heterocycles. The smallest absolute Gasteiger partial charge is 0.303 e. The van der Waals surface area contributed by atoms with Crippen LogP contribution in [0.4, 0.5) is 5.69 Å². The molecule has 0 saturated carbocycles. The van der Waals surface area contributed by atoms with Crippen molar-refractivity contribution in [3.05, 3.63) is 113 Å². The van der Waals surface area contributed by atoms with E-state index in [4.69, 9.17) is 14.6 Å². The molecule has 4 atom stereocenters. The predicted octanol–water partition coefficient (Wildman–Crippen LogP) is 7.54. The first-order chi connectivity index (χ1) is 22.3. The van der Waals surface area contributed by atoms with Crippen molar-refractivity contribution in [1.82, 2.24) is 4.90 Å². The number of carboxylic acids is 1. The second-order valence-corrected chi connectivity index (χ2v) is 12.2. The standard InChI is InChI=1S/C38H44N2O6/c1-26(31-17-16-28-8-6-7-9-32(28)22-31)40(2)24-34-23-35(29-14-12-27(25-41)13-15-29)46-38(45-34)30-18-20-33(21-19-30)39-36(42)10-4-3-5-11-37(43)44/h6-9,12-22,26,34-35,38,41H,3-5,10-11,23-25H2,1-2H3,(H,39,42)(H,43,44)/t26-,34-,35+,38+/m1/s1. The Kier molecular flexibility index (Phi) is 11.5. The van der Waals surface area contributed by atoms with Crippen molar-refractivity contribution in [3.8, 4) is 0 Å². The van der Waals surface area contributed by atoms with Crippen molar-refractivity contribution >= 4 is 28.3 Å². The number of benzene rings is 4. The van der Waals surface area contributed by atoms with Gasteiger partial charge in [-0.25, -0.2) is 0 Å². The summed E-state index contributed by atoms with van der Waals surface area (Å²) in [5.74, 6) is -0.904. The number of likely N-dealkylation sites (N-methyl/N-ethyl adjacent to an activating group) is 1. The minimum atomic E-state index is -0.810. The lowest BCUT2D eigenvalue weighted by Crippen LogP contribution is -2.38. The summed E-state index contributed by atoms with van der Waals surface area (Å²) < 4.78 is 13.1. The van der Waals surface area contributed by atoms with E-state index in [0.717, 1.165) is 16.7 Å². The van der Waals surface area contributed by atoms with E-state index < -0.39 is 12.3 Å². The monoisotopic (exact) mass is 624 g/mol. The molecule has 1 amide bonds. The molecule has 1 heterocycles. The molecule has 242 valence electrons. The Labute approximate surface area is 271 Å². The van der Waals surface area contributed by atoms with Gasteiger partial charge in [0.15, 0.2) is 6.29 Å².